The summed E-state index contributed by atoms with van der Waals surface area (Å²) in [5.74, 6) is 1.71. The highest BCUT2D eigenvalue weighted by Gasteiger charge is 2.33. The standard InChI is InChI=1S/C16H20N4O3/c1-3-17-16(21)20-9-5-8-13(20)15-18-14(19-23-15)11-6-4-7-12(10-11)22-2/h4,6-7,10,13H,3,5,8-9H2,1-2H3,(H,17,21)/t13-/m1/s1. The van der Waals surface area contributed by atoms with Crippen LogP contribution in [0.3, 0.4) is 0 Å². The number of hydrogen-bond acceptors (Lipinski definition) is 5. The largest absolute Gasteiger partial charge is 0.497 e. The lowest BCUT2D eigenvalue weighted by Crippen LogP contribution is -2.39. The average Bonchev–Trinajstić information content (AvgIpc) is 3.24. The van der Waals surface area contributed by atoms with Gasteiger partial charge in [-0.2, -0.15) is 4.98 Å². The molecule has 122 valence electrons. The normalized spacial score (nSPS) is 17.3. The fraction of sp³-hybridized carbons (Fsp3) is 0.438. The van der Waals surface area contributed by atoms with Gasteiger partial charge in [0, 0.05) is 18.7 Å². The van der Waals surface area contributed by atoms with Crippen molar-refractivity contribution >= 4 is 6.03 Å². The summed E-state index contributed by atoms with van der Waals surface area (Å²) in [5.41, 5.74) is 0.821. The molecule has 3 rings (SSSR count). The SMILES string of the molecule is CCNC(=O)N1CCC[C@@H]1c1nc(-c2cccc(OC)c2)no1. The number of likely N-dealkylation sites (tertiary alicyclic amines) is 1. The molecule has 2 heterocycles. The van der Waals surface area contributed by atoms with Gasteiger partial charge in [-0.1, -0.05) is 17.3 Å². The van der Waals surface area contributed by atoms with E-state index in [9.17, 15) is 4.79 Å². The number of nitrogens with zero attached hydrogens (tertiary/aromatic N) is 3. The van der Waals surface area contributed by atoms with E-state index >= 15 is 0 Å². The number of amides is 2. The quantitative estimate of drug-likeness (QED) is 0.938. The first-order chi connectivity index (χ1) is 11.2. The molecule has 1 N–H and O–H groups in total. The second kappa shape index (κ2) is 6.68. The van der Waals surface area contributed by atoms with E-state index in [1.54, 1.807) is 12.0 Å². The highest BCUT2D eigenvalue weighted by atomic mass is 16.5. The summed E-state index contributed by atoms with van der Waals surface area (Å²) in [6, 6.07) is 7.24. The van der Waals surface area contributed by atoms with Crippen molar-refractivity contribution in [3.05, 3.63) is 30.2 Å². The van der Waals surface area contributed by atoms with E-state index in [4.69, 9.17) is 9.26 Å². The van der Waals surface area contributed by atoms with Crippen LogP contribution in [0.5, 0.6) is 5.75 Å². The van der Waals surface area contributed by atoms with E-state index in [-0.39, 0.29) is 12.1 Å². The van der Waals surface area contributed by atoms with Crippen LogP contribution in [-0.4, -0.2) is 41.3 Å². The third-order valence-electron chi connectivity index (χ3n) is 3.90. The summed E-state index contributed by atoms with van der Waals surface area (Å²) in [6.07, 6.45) is 1.76. The molecule has 7 nitrogen and oxygen atoms in total. The third-order valence-corrected chi connectivity index (χ3v) is 3.90. The molecule has 1 saturated heterocycles. The van der Waals surface area contributed by atoms with Crippen LogP contribution >= 0.6 is 0 Å². The minimum Gasteiger partial charge on any atom is -0.497 e. The molecular formula is C16H20N4O3. The molecule has 1 aliphatic rings. The number of benzene rings is 1. The maximum Gasteiger partial charge on any atom is 0.318 e. The average molecular weight is 316 g/mol. The Morgan fingerprint density at radius 1 is 1.52 bits per heavy atom. The smallest absolute Gasteiger partial charge is 0.318 e. The Morgan fingerprint density at radius 2 is 2.39 bits per heavy atom. The van der Waals surface area contributed by atoms with Crippen molar-refractivity contribution < 1.29 is 14.1 Å². The van der Waals surface area contributed by atoms with E-state index in [2.05, 4.69) is 15.5 Å². The number of ether oxygens (including phenoxy) is 1. The monoisotopic (exact) mass is 316 g/mol. The van der Waals surface area contributed by atoms with Gasteiger partial charge < -0.3 is 19.5 Å². The maximum absolute atomic E-state index is 12.1. The van der Waals surface area contributed by atoms with Crippen molar-refractivity contribution in [2.75, 3.05) is 20.2 Å². The van der Waals surface area contributed by atoms with Crippen molar-refractivity contribution in [1.29, 1.82) is 0 Å². The van der Waals surface area contributed by atoms with Crippen molar-refractivity contribution in [3.8, 4) is 17.1 Å². The molecule has 1 aromatic carbocycles. The zero-order valence-corrected chi connectivity index (χ0v) is 13.3. The second-order valence-electron chi connectivity index (χ2n) is 5.38. The first kappa shape index (κ1) is 15.3. The van der Waals surface area contributed by atoms with Crippen LogP contribution in [0.2, 0.25) is 0 Å². The summed E-state index contributed by atoms with van der Waals surface area (Å²) in [5, 5.41) is 6.87. The number of urea groups is 1. The van der Waals surface area contributed by atoms with E-state index in [0.29, 0.717) is 24.8 Å². The minimum absolute atomic E-state index is 0.0869. The first-order valence-corrected chi connectivity index (χ1v) is 7.75. The highest BCUT2D eigenvalue weighted by molar-refractivity contribution is 5.74. The second-order valence-corrected chi connectivity index (χ2v) is 5.38. The minimum atomic E-state index is -0.159. The van der Waals surface area contributed by atoms with E-state index in [1.807, 2.05) is 31.2 Å². The molecule has 2 amide bonds. The molecule has 0 spiro atoms. The molecule has 0 saturated carbocycles. The predicted octanol–water partition coefficient (Wildman–Crippen LogP) is 2.61. The molecule has 1 aliphatic heterocycles. The highest BCUT2D eigenvalue weighted by Crippen LogP contribution is 2.32. The Hall–Kier alpha value is -2.57. The summed E-state index contributed by atoms with van der Waals surface area (Å²) >= 11 is 0. The van der Waals surface area contributed by atoms with Crippen molar-refractivity contribution in [1.82, 2.24) is 20.4 Å². The topological polar surface area (TPSA) is 80.5 Å². The van der Waals surface area contributed by atoms with Gasteiger partial charge >= 0.3 is 6.03 Å². The Balaban J connectivity index is 1.82. The Kier molecular flexibility index (Phi) is 4.45. The summed E-state index contributed by atoms with van der Waals surface area (Å²) < 4.78 is 10.6. The van der Waals surface area contributed by atoms with Gasteiger partial charge in [0.2, 0.25) is 11.7 Å². The number of nitrogens with one attached hydrogen (secondary N) is 1. The number of hydrogen-bond donors (Lipinski definition) is 1. The number of aromatic nitrogens is 2. The third kappa shape index (κ3) is 3.13. The van der Waals surface area contributed by atoms with Gasteiger partial charge in [-0.25, -0.2) is 4.79 Å². The number of carbonyl (C=O) groups is 1. The van der Waals surface area contributed by atoms with Crippen LogP contribution < -0.4 is 10.1 Å². The van der Waals surface area contributed by atoms with Gasteiger partial charge in [0.25, 0.3) is 0 Å². The number of methoxy groups -OCH3 is 1. The first-order valence-electron chi connectivity index (χ1n) is 7.75. The van der Waals surface area contributed by atoms with E-state index in [0.717, 1.165) is 24.2 Å². The van der Waals surface area contributed by atoms with Crippen molar-refractivity contribution in [2.24, 2.45) is 0 Å². The molecule has 0 radical (unpaired) electrons. The number of carbonyl (C=O) groups excluding carboxylic acids is 1. The molecule has 1 fully saturated rings. The summed E-state index contributed by atoms with van der Waals surface area (Å²) in [4.78, 5) is 18.3. The molecule has 0 aliphatic carbocycles. The van der Waals surface area contributed by atoms with Crippen LogP contribution in [0.4, 0.5) is 4.79 Å². The van der Waals surface area contributed by atoms with Crippen LogP contribution in [-0.2, 0) is 0 Å². The van der Waals surface area contributed by atoms with Gasteiger partial charge in [-0.05, 0) is 31.9 Å². The summed E-state index contributed by atoms with van der Waals surface area (Å²) in [6.45, 7) is 3.20. The van der Waals surface area contributed by atoms with Gasteiger partial charge in [0.15, 0.2) is 0 Å². The van der Waals surface area contributed by atoms with Gasteiger partial charge in [-0.3, -0.25) is 0 Å². The Morgan fingerprint density at radius 3 is 3.17 bits per heavy atom. The summed E-state index contributed by atoms with van der Waals surface area (Å²) in [7, 11) is 1.61. The van der Waals surface area contributed by atoms with Crippen LogP contribution in [0.15, 0.2) is 28.8 Å². The van der Waals surface area contributed by atoms with Crippen LogP contribution in [0, 0.1) is 0 Å². The fourth-order valence-electron chi connectivity index (χ4n) is 2.77. The molecule has 23 heavy (non-hydrogen) atoms. The van der Waals surface area contributed by atoms with Gasteiger partial charge in [0.05, 0.1) is 7.11 Å². The molecule has 0 unspecified atom stereocenters. The lowest BCUT2D eigenvalue weighted by Gasteiger charge is -2.21. The van der Waals surface area contributed by atoms with E-state index in [1.165, 1.54) is 0 Å². The van der Waals surface area contributed by atoms with Crippen molar-refractivity contribution in [3.63, 3.8) is 0 Å². The Labute approximate surface area is 134 Å². The predicted molar refractivity (Wildman–Crippen MR) is 84.0 cm³/mol. The van der Waals surface area contributed by atoms with E-state index < -0.39 is 0 Å². The molecule has 1 aromatic heterocycles. The Bertz CT molecular complexity index is 685. The van der Waals surface area contributed by atoms with Crippen LogP contribution in [0.25, 0.3) is 11.4 Å². The van der Waals surface area contributed by atoms with Crippen molar-refractivity contribution in [2.45, 2.75) is 25.8 Å². The zero-order chi connectivity index (χ0) is 16.2. The maximum atomic E-state index is 12.1. The van der Waals surface area contributed by atoms with Gasteiger partial charge in [-0.15, -0.1) is 0 Å². The van der Waals surface area contributed by atoms with Crippen LogP contribution in [0.1, 0.15) is 31.7 Å². The molecule has 2 aromatic rings. The molecule has 1 atom stereocenters. The number of rotatable bonds is 4. The zero-order valence-electron chi connectivity index (χ0n) is 13.3. The lowest BCUT2D eigenvalue weighted by molar-refractivity contribution is 0.181. The van der Waals surface area contributed by atoms with Gasteiger partial charge in [0.1, 0.15) is 11.8 Å². The fourth-order valence-corrected chi connectivity index (χ4v) is 2.77. The lowest BCUT2D eigenvalue weighted by atomic mass is 10.2. The molecule has 7 heteroatoms. The molecular weight excluding hydrogens is 296 g/mol. The molecule has 0 bridgehead atoms.